The molecule has 2 N–H and O–H groups in total. The van der Waals surface area contributed by atoms with Crippen molar-refractivity contribution in [3.8, 4) is 12.8 Å². The molecule has 3 nitrogen and oxygen atoms in total. The fraction of sp³-hybridized carbons (Fsp3) is 0.812. The number of carbonyl (C=O) groups excluding carboxylic acids is 1. The molecule has 19 heavy (non-hydrogen) atoms. The summed E-state index contributed by atoms with van der Waals surface area (Å²) in [6, 6.07) is 0. The molecular weight excluding hydrogens is 236 g/mol. The van der Waals surface area contributed by atoms with Crippen molar-refractivity contribution in [2.75, 3.05) is 19.6 Å². The predicted molar refractivity (Wildman–Crippen MR) is 87.9 cm³/mol. The summed E-state index contributed by atoms with van der Waals surface area (Å²) in [5.74, 6) is 0.697. The van der Waals surface area contributed by atoms with Crippen LogP contribution < -0.4 is 5.73 Å². The Balaban J connectivity index is -0.0000000991. The Labute approximate surface area is 122 Å². The lowest BCUT2D eigenvalue weighted by molar-refractivity contribution is -0.125. The maximum atomic E-state index is 10.2. The Morgan fingerprint density at radius 1 is 1.37 bits per heavy atom. The van der Waals surface area contributed by atoms with Crippen molar-refractivity contribution >= 4 is 5.91 Å². The topological polar surface area (TPSA) is 46.3 Å². The maximum Gasteiger partial charge on any atom is 0.222 e. The van der Waals surface area contributed by atoms with Crippen molar-refractivity contribution in [3.05, 3.63) is 0 Å². The fourth-order valence-corrected chi connectivity index (χ4v) is 1.31. The van der Waals surface area contributed by atoms with Crippen molar-refractivity contribution < 1.29 is 6.22 Å². The third-order valence-electron chi connectivity index (χ3n) is 2.69. The predicted octanol–water partition coefficient (Wildman–Crippen LogP) is 3.39. The highest BCUT2D eigenvalue weighted by atomic mass is 16.1. The molecule has 0 aliphatic carbocycles. The van der Waals surface area contributed by atoms with Crippen LogP contribution in [-0.4, -0.2) is 30.4 Å². The summed E-state index contributed by atoms with van der Waals surface area (Å²) in [4.78, 5) is 12.7. The van der Waals surface area contributed by atoms with Gasteiger partial charge in [0.15, 0.2) is 0 Å². The number of terminal acetylenes is 1. The molecule has 1 aliphatic rings. The normalized spacial score (nSPS) is 17.8. The molecule has 1 heterocycles. The molecule has 0 aromatic carbocycles. The first-order chi connectivity index (χ1) is 8.77. The van der Waals surface area contributed by atoms with Gasteiger partial charge in [0.25, 0.3) is 0 Å². The lowest BCUT2D eigenvalue weighted by atomic mass is 9.96. The molecule has 1 fully saturated rings. The van der Waals surface area contributed by atoms with Gasteiger partial charge in [-0.3, -0.25) is 4.79 Å². The van der Waals surface area contributed by atoms with Crippen molar-refractivity contribution in [3.63, 3.8) is 0 Å². The summed E-state index contributed by atoms with van der Waals surface area (Å²) < 4.78 is 0. The van der Waals surface area contributed by atoms with E-state index in [1.54, 1.807) is 20.8 Å². The minimum atomic E-state index is -0.361. The largest absolute Gasteiger partial charge is 0.369 e. The summed E-state index contributed by atoms with van der Waals surface area (Å²) in [6.45, 7) is 17.8. The van der Waals surface area contributed by atoms with E-state index in [2.05, 4.69) is 31.6 Å². The first-order valence-corrected chi connectivity index (χ1v) is 7.13. The molecule has 0 unspecified atom stereocenters. The van der Waals surface area contributed by atoms with E-state index in [9.17, 15) is 4.79 Å². The van der Waals surface area contributed by atoms with Crippen molar-refractivity contribution in [2.45, 2.75) is 54.9 Å². The molecule has 0 aromatic rings. The Morgan fingerprint density at radius 3 is 1.84 bits per heavy atom. The smallest absolute Gasteiger partial charge is 0.222 e. The maximum absolute atomic E-state index is 10.2. The van der Waals surface area contributed by atoms with Gasteiger partial charge in [0, 0.05) is 13.4 Å². The summed E-state index contributed by atoms with van der Waals surface area (Å²) in [7, 11) is 0. The van der Waals surface area contributed by atoms with Crippen molar-refractivity contribution in [1.29, 1.82) is 0 Å². The van der Waals surface area contributed by atoms with Gasteiger partial charge in [0.1, 0.15) is 0 Å². The number of hydrogen-bond acceptors (Lipinski definition) is 2. The highest BCUT2D eigenvalue weighted by Gasteiger charge is 2.16. The van der Waals surface area contributed by atoms with Crippen LogP contribution in [0.25, 0.3) is 0 Å². The number of primary amides is 1. The van der Waals surface area contributed by atoms with Gasteiger partial charge in [-0.25, -0.2) is 0 Å². The van der Waals surface area contributed by atoms with Gasteiger partial charge in [0.2, 0.25) is 5.91 Å². The Hall–Kier alpha value is -1.01. The minimum Gasteiger partial charge on any atom is -0.369 e. The Morgan fingerprint density at radius 2 is 1.74 bits per heavy atom. The van der Waals surface area contributed by atoms with Gasteiger partial charge >= 0.3 is 0 Å². The van der Waals surface area contributed by atoms with Gasteiger partial charge < -0.3 is 10.6 Å². The molecule has 1 saturated heterocycles. The molecule has 1 amide bonds. The van der Waals surface area contributed by atoms with Crippen LogP contribution in [0.3, 0.4) is 0 Å². The van der Waals surface area contributed by atoms with Crippen LogP contribution in [0.5, 0.6) is 0 Å². The van der Waals surface area contributed by atoms with Gasteiger partial charge in [-0.2, -0.15) is 0 Å². The lowest BCUT2D eigenvalue weighted by Crippen LogP contribution is -2.27. The lowest BCUT2D eigenvalue weighted by Gasteiger charge is -2.10. The molecule has 116 valence electrons. The van der Waals surface area contributed by atoms with E-state index in [4.69, 9.17) is 5.73 Å². The summed E-state index contributed by atoms with van der Waals surface area (Å²) >= 11 is 0. The molecule has 1 atom stereocenters. The van der Waals surface area contributed by atoms with Crippen molar-refractivity contribution in [2.24, 2.45) is 17.1 Å². The first kappa shape index (κ1) is 23.1. The molecule has 0 saturated carbocycles. The molecule has 0 spiro atoms. The van der Waals surface area contributed by atoms with Crippen LogP contribution in [-0.2, 0) is 4.79 Å². The SMILES string of the molecule is C#C.CC.CC(C)(C)C(N)=O.CCN1CC[C@@H](C)C1.[HH]. The van der Waals surface area contributed by atoms with Gasteiger partial charge in [-0.1, -0.05) is 48.5 Å². The second-order valence-electron chi connectivity index (χ2n) is 5.40. The van der Waals surface area contributed by atoms with Crippen LogP contribution in [0.1, 0.15) is 56.3 Å². The third kappa shape index (κ3) is 14.9. The van der Waals surface area contributed by atoms with Crippen LogP contribution in [0.4, 0.5) is 0 Å². The van der Waals surface area contributed by atoms with E-state index < -0.39 is 0 Å². The van der Waals surface area contributed by atoms with Crippen LogP contribution in [0.2, 0.25) is 0 Å². The standard InChI is InChI=1S/C7H15N.C5H11NO.C2H6.C2H2.H2/c1-3-8-5-4-7(2)6-8;1-5(2,3)4(6)7;2*1-2;/h7H,3-6H2,1-2H3;1-3H3,(H2,6,7);1-2H3;1-2H;1H/t7-;;;;/m1..../s1. The average Bonchev–Trinajstić information content (AvgIpc) is 2.80. The zero-order chi connectivity index (χ0) is 16.1. The number of amides is 1. The molecule has 1 aliphatic heterocycles. The summed E-state index contributed by atoms with van der Waals surface area (Å²) in [5, 5.41) is 0. The van der Waals surface area contributed by atoms with Crippen LogP contribution in [0.15, 0.2) is 0 Å². The van der Waals surface area contributed by atoms with Crippen LogP contribution in [0, 0.1) is 24.2 Å². The molecule has 0 aromatic heterocycles. The third-order valence-corrected chi connectivity index (χ3v) is 2.69. The number of hydrogen-bond donors (Lipinski definition) is 1. The second-order valence-corrected chi connectivity index (χ2v) is 5.40. The first-order valence-electron chi connectivity index (χ1n) is 7.13. The molecule has 3 heteroatoms. The Kier molecular flexibility index (Phi) is 16.3. The monoisotopic (exact) mass is 272 g/mol. The van der Waals surface area contributed by atoms with E-state index in [-0.39, 0.29) is 12.7 Å². The fourth-order valence-electron chi connectivity index (χ4n) is 1.31. The van der Waals surface area contributed by atoms with Gasteiger partial charge in [-0.05, 0) is 25.4 Å². The van der Waals surface area contributed by atoms with E-state index in [1.165, 1.54) is 26.1 Å². The zero-order valence-corrected chi connectivity index (χ0v) is 14.0. The number of rotatable bonds is 1. The Bertz CT molecular complexity index is 234. The number of likely N-dealkylation sites (tertiary alicyclic amines) is 1. The second kappa shape index (κ2) is 13.4. The highest BCUT2D eigenvalue weighted by Crippen LogP contribution is 2.13. The highest BCUT2D eigenvalue weighted by molar-refractivity contribution is 5.79. The van der Waals surface area contributed by atoms with Crippen LogP contribution >= 0.6 is 0 Å². The molecular formula is C16H36N2O. The van der Waals surface area contributed by atoms with Crippen molar-refractivity contribution in [1.82, 2.24) is 4.90 Å². The number of nitrogens with two attached hydrogens (primary N) is 1. The quantitative estimate of drug-likeness (QED) is 0.744. The average molecular weight is 272 g/mol. The van der Waals surface area contributed by atoms with Gasteiger partial charge in [-0.15, -0.1) is 12.8 Å². The summed E-state index contributed by atoms with van der Waals surface area (Å²) in [6.07, 6.45) is 9.41. The summed E-state index contributed by atoms with van der Waals surface area (Å²) in [5.41, 5.74) is 4.57. The van der Waals surface area contributed by atoms with E-state index in [0.29, 0.717) is 0 Å². The number of carbonyl (C=O) groups is 1. The molecule has 0 radical (unpaired) electrons. The minimum absolute atomic E-state index is 0. The molecule has 0 bridgehead atoms. The van der Waals surface area contributed by atoms with E-state index >= 15 is 0 Å². The van der Waals surface area contributed by atoms with E-state index in [0.717, 1.165) is 5.92 Å². The van der Waals surface area contributed by atoms with E-state index in [1.807, 2.05) is 13.8 Å². The van der Waals surface area contributed by atoms with Gasteiger partial charge in [0.05, 0.1) is 0 Å². The zero-order valence-electron chi connectivity index (χ0n) is 14.0. The molecule has 1 rings (SSSR count). The number of nitrogens with zero attached hydrogens (tertiary/aromatic N) is 1.